The molecule has 23 heavy (non-hydrogen) atoms. The number of rotatable bonds is 3. The minimum atomic E-state index is -1.11. The molecule has 0 radical (unpaired) electrons. The third kappa shape index (κ3) is 3.11. The zero-order valence-electron chi connectivity index (χ0n) is 12.8. The SMILES string of the molecule is C[C@@H]1CCN(C(=O)c2ccc(C(=O)O)nc2)[C@H](c2ccco2)C1. The van der Waals surface area contributed by atoms with Crippen LogP contribution in [0.1, 0.15) is 52.4 Å². The molecule has 1 aliphatic rings. The zero-order chi connectivity index (χ0) is 16.4. The van der Waals surface area contributed by atoms with E-state index in [4.69, 9.17) is 9.52 Å². The number of carboxylic acids is 1. The molecule has 2 aromatic heterocycles. The lowest BCUT2D eigenvalue weighted by molar-refractivity contribution is 0.0519. The van der Waals surface area contributed by atoms with Gasteiger partial charge in [-0.25, -0.2) is 9.78 Å². The first kappa shape index (κ1) is 15.3. The normalized spacial score (nSPS) is 21.2. The summed E-state index contributed by atoms with van der Waals surface area (Å²) in [5.74, 6) is 0.0358. The summed E-state index contributed by atoms with van der Waals surface area (Å²) in [6.07, 6.45) is 4.72. The van der Waals surface area contributed by atoms with E-state index < -0.39 is 5.97 Å². The lowest BCUT2D eigenvalue weighted by Gasteiger charge is -2.37. The van der Waals surface area contributed by atoms with Crippen molar-refractivity contribution in [3.63, 3.8) is 0 Å². The Bertz CT molecular complexity index is 694. The number of carbonyl (C=O) groups is 2. The van der Waals surface area contributed by atoms with Crippen LogP contribution in [0.4, 0.5) is 0 Å². The summed E-state index contributed by atoms with van der Waals surface area (Å²) in [5.41, 5.74) is 0.317. The number of piperidine rings is 1. The van der Waals surface area contributed by atoms with Gasteiger partial charge in [-0.05, 0) is 43.0 Å². The Labute approximate surface area is 133 Å². The van der Waals surface area contributed by atoms with E-state index in [-0.39, 0.29) is 17.6 Å². The van der Waals surface area contributed by atoms with Gasteiger partial charge < -0.3 is 14.4 Å². The van der Waals surface area contributed by atoms with Gasteiger partial charge in [-0.2, -0.15) is 0 Å². The Morgan fingerprint density at radius 1 is 1.35 bits per heavy atom. The lowest BCUT2D eigenvalue weighted by atomic mass is 9.90. The van der Waals surface area contributed by atoms with Gasteiger partial charge in [-0.3, -0.25) is 4.79 Å². The smallest absolute Gasteiger partial charge is 0.354 e. The van der Waals surface area contributed by atoms with E-state index >= 15 is 0 Å². The highest BCUT2D eigenvalue weighted by Crippen LogP contribution is 2.35. The number of hydrogen-bond acceptors (Lipinski definition) is 4. The molecule has 3 heterocycles. The average Bonchev–Trinajstić information content (AvgIpc) is 3.08. The molecule has 0 bridgehead atoms. The third-order valence-corrected chi connectivity index (χ3v) is 4.23. The van der Waals surface area contributed by atoms with Crippen LogP contribution in [0.5, 0.6) is 0 Å². The van der Waals surface area contributed by atoms with Crippen LogP contribution >= 0.6 is 0 Å². The minimum absolute atomic E-state index is 0.0728. The number of aromatic carboxylic acids is 1. The Kier molecular flexibility index (Phi) is 4.14. The quantitative estimate of drug-likeness (QED) is 0.941. The molecule has 3 rings (SSSR count). The summed E-state index contributed by atoms with van der Waals surface area (Å²) in [6.45, 7) is 2.81. The van der Waals surface area contributed by atoms with Gasteiger partial charge in [0, 0.05) is 12.7 Å². The summed E-state index contributed by atoms with van der Waals surface area (Å²) in [6, 6.07) is 6.47. The highest BCUT2D eigenvalue weighted by Gasteiger charge is 2.33. The Morgan fingerprint density at radius 2 is 2.17 bits per heavy atom. The number of nitrogens with zero attached hydrogens (tertiary/aromatic N) is 2. The fourth-order valence-corrected chi connectivity index (χ4v) is 2.95. The number of carboxylic acid groups (broad SMARTS) is 1. The van der Waals surface area contributed by atoms with Crippen LogP contribution in [-0.4, -0.2) is 33.4 Å². The van der Waals surface area contributed by atoms with E-state index in [2.05, 4.69) is 11.9 Å². The van der Waals surface area contributed by atoms with Crippen LogP contribution in [0.25, 0.3) is 0 Å². The average molecular weight is 314 g/mol. The van der Waals surface area contributed by atoms with Gasteiger partial charge in [-0.15, -0.1) is 0 Å². The number of likely N-dealkylation sites (tertiary alicyclic amines) is 1. The standard InChI is InChI=1S/C17H18N2O4/c1-11-6-7-19(14(9-11)15-3-2-8-23-15)16(20)12-4-5-13(17(21)22)18-10-12/h2-5,8,10-11,14H,6-7,9H2,1H3,(H,21,22)/t11-,14+/m1/s1. The highest BCUT2D eigenvalue weighted by molar-refractivity contribution is 5.95. The highest BCUT2D eigenvalue weighted by atomic mass is 16.4. The molecular formula is C17H18N2O4. The van der Waals surface area contributed by atoms with E-state index in [0.29, 0.717) is 18.0 Å². The molecule has 0 aliphatic carbocycles. The molecule has 2 atom stereocenters. The number of aromatic nitrogens is 1. The molecule has 0 unspecified atom stereocenters. The Balaban J connectivity index is 1.85. The zero-order valence-corrected chi connectivity index (χ0v) is 12.8. The summed E-state index contributed by atoms with van der Waals surface area (Å²) in [7, 11) is 0. The van der Waals surface area contributed by atoms with Gasteiger partial charge in [0.1, 0.15) is 11.5 Å². The second-order valence-corrected chi connectivity index (χ2v) is 5.90. The molecule has 0 aromatic carbocycles. The largest absolute Gasteiger partial charge is 0.477 e. The number of amides is 1. The molecule has 1 N–H and O–H groups in total. The first-order valence-corrected chi connectivity index (χ1v) is 7.60. The van der Waals surface area contributed by atoms with Gasteiger partial charge in [-0.1, -0.05) is 6.92 Å². The molecule has 6 nitrogen and oxygen atoms in total. The van der Waals surface area contributed by atoms with Gasteiger partial charge in [0.15, 0.2) is 0 Å². The Hall–Kier alpha value is -2.63. The molecule has 120 valence electrons. The first-order chi connectivity index (χ1) is 11.1. The van der Waals surface area contributed by atoms with Crippen LogP contribution in [0.15, 0.2) is 41.1 Å². The monoisotopic (exact) mass is 314 g/mol. The van der Waals surface area contributed by atoms with E-state index in [1.165, 1.54) is 18.3 Å². The van der Waals surface area contributed by atoms with Crippen LogP contribution in [0.2, 0.25) is 0 Å². The maximum atomic E-state index is 12.8. The van der Waals surface area contributed by atoms with Crippen molar-refractivity contribution in [1.29, 1.82) is 0 Å². The molecule has 0 spiro atoms. The molecular weight excluding hydrogens is 296 g/mol. The number of furan rings is 1. The topological polar surface area (TPSA) is 83.6 Å². The maximum Gasteiger partial charge on any atom is 0.354 e. The molecule has 0 saturated carbocycles. The van der Waals surface area contributed by atoms with Crippen molar-refractivity contribution < 1.29 is 19.1 Å². The third-order valence-electron chi connectivity index (χ3n) is 4.23. The second kappa shape index (κ2) is 6.24. The van der Waals surface area contributed by atoms with E-state index in [0.717, 1.165) is 18.6 Å². The summed E-state index contributed by atoms with van der Waals surface area (Å²) >= 11 is 0. The van der Waals surface area contributed by atoms with Crippen molar-refractivity contribution in [3.05, 3.63) is 53.7 Å². The fraction of sp³-hybridized carbons (Fsp3) is 0.353. The number of carbonyl (C=O) groups excluding carboxylic acids is 1. The van der Waals surface area contributed by atoms with Crippen LogP contribution < -0.4 is 0 Å². The van der Waals surface area contributed by atoms with Gasteiger partial charge >= 0.3 is 5.97 Å². The fourth-order valence-electron chi connectivity index (χ4n) is 2.95. The van der Waals surface area contributed by atoms with Crippen molar-refractivity contribution in [2.24, 2.45) is 5.92 Å². The summed E-state index contributed by atoms with van der Waals surface area (Å²) in [4.78, 5) is 29.3. The van der Waals surface area contributed by atoms with Crippen LogP contribution in [0.3, 0.4) is 0 Å². The lowest BCUT2D eigenvalue weighted by Crippen LogP contribution is -2.40. The molecule has 2 aromatic rings. The second-order valence-electron chi connectivity index (χ2n) is 5.90. The van der Waals surface area contributed by atoms with Gasteiger partial charge in [0.05, 0.1) is 17.9 Å². The molecule has 1 amide bonds. The number of pyridine rings is 1. The van der Waals surface area contributed by atoms with E-state index in [1.807, 2.05) is 12.1 Å². The molecule has 1 fully saturated rings. The van der Waals surface area contributed by atoms with Crippen LogP contribution in [-0.2, 0) is 0 Å². The summed E-state index contributed by atoms with van der Waals surface area (Å²) in [5, 5.41) is 8.89. The van der Waals surface area contributed by atoms with Crippen molar-refractivity contribution in [2.75, 3.05) is 6.54 Å². The molecule has 1 aliphatic heterocycles. The molecule has 6 heteroatoms. The van der Waals surface area contributed by atoms with E-state index in [1.54, 1.807) is 11.2 Å². The van der Waals surface area contributed by atoms with Gasteiger partial charge in [0.2, 0.25) is 0 Å². The Morgan fingerprint density at radius 3 is 2.78 bits per heavy atom. The van der Waals surface area contributed by atoms with E-state index in [9.17, 15) is 9.59 Å². The number of hydrogen-bond donors (Lipinski definition) is 1. The minimum Gasteiger partial charge on any atom is -0.477 e. The predicted octanol–water partition coefficient (Wildman–Crippen LogP) is 2.99. The van der Waals surface area contributed by atoms with Crippen molar-refractivity contribution >= 4 is 11.9 Å². The first-order valence-electron chi connectivity index (χ1n) is 7.60. The van der Waals surface area contributed by atoms with Crippen molar-refractivity contribution in [2.45, 2.75) is 25.8 Å². The maximum absolute atomic E-state index is 12.8. The summed E-state index contributed by atoms with van der Waals surface area (Å²) < 4.78 is 5.50. The molecule has 1 saturated heterocycles. The van der Waals surface area contributed by atoms with Crippen molar-refractivity contribution in [3.8, 4) is 0 Å². The van der Waals surface area contributed by atoms with Crippen LogP contribution in [0, 0.1) is 5.92 Å². The van der Waals surface area contributed by atoms with Crippen molar-refractivity contribution in [1.82, 2.24) is 9.88 Å². The van der Waals surface area contributed by atoms with Gasteiger partial charge in [0.25, 0.3) is 5.91 Å². The predicted molar refractivity (Wildman–Crippen MR) is 82.1 cm³/mol.